The number of nitrogens with zero attached hydrogens (tertiary/aromatic N) is 3. The topological polar surface area (TPSA) is 82.0 Å². The van der Waals surface area contributed by atoms with Crippen molar-refractivity contribution in [2.45, 2.75) is 39.8 Å². The summed E-state index contributed by atoms with van der Waals surface area (Å²) in [5, 5.41) is 9.78. The molecule has 0 radical (unpaired) electrons. The number of nitrogens with one attached hydrogen (secondary N) is 1. The molecule has 1 N–H and O–H groups in total. The summed E-state index contributed by atoms with van der Waals surface area (Å²) in [4.78, 5) is 23.1. The van der Waals surface area contributed by atoms with E-state index in [0.29, 0.717) is 40.9 Å². The molecule has 6 nitrogen and oxygen atoms in total. The monoisotopic (exact) mass is 492 g/mol. The SMILES string of the molecule is CC(C)N(CCOc1cccc(-c2c(-c3ccccn3)c[nH]c(=O)c2-c2ccccc2C#N)c1)C(C)C. The van der Waals surface area contributed by atoms with Crippen LogP contribution in [0, 0.1) is 11.3 Å². The van der Waals surface area contributed by atoms with Gasteiger partial charge >= 0.3 is 0 Å². The highest BCUT2D eigenvalue weighted by molar-refractivity contribution is 5.94. The minimum absolute atomic E-state index is 0.270. The highest BCUT2D eigenvalue weighted by Crippen LogP contribution is 2.39. The van der Waals surface area contributed by atoms with E-state index in [1.54, 1.807) is 24.5 Å². The Kier molecular flexibility index (Phi) is 8.17. The first kappa shape index (κ1) is 25.9. The summed E-state index contributed by atoms with van der Waals surface area (Å²) in [6.07, 6.45) is 3.41. The van der Waals surface area contributed by atoms with Crippen LogP contribution in [0.4, 0.5) is 0 Å². The zero-order chi connectivity index (χ0) is 26.4. The van der Waals surface area contributed by atoms with E-state index in [0.717, 1.165) is 29.1 Å². The van der Waals surface area contributed by atoms with Crippen LogP contribution in [-0.4, -0.2) is 40.1 Å². The van der Waals surface area contributed by atoms with E-state index < -0.39 is 0 Å². The van der Waals surface area contributed by atoms with Crippen LogP contribution in [0.3, 0.4) is 0 Å². The molecule has 0 amide bonds. The fourth-order valence-corrected chi connectivity index (χ4v) is 4.73. The van der Waals surface area contributed by atoms with E-state index >= 15 is 0 Å². The Morgan fingerprint density at radius 2 is 1.70 bits per heavy atom. The molecule has 6 heteroatoms. The van der Waals surface area contributed by atoms with E-state index in [-0.39, 0.29) is 5.56 Å². The van der Waals surface area contributed by atoms with E-state index in [9.17, 15) is 10.1 Å². The van der Waals surface area contributed by atoms with Gasteiger partial charge in [-0.3, -0.25) is 14.7 Å². The predicted octanol–water partition coefficient (Wildman–Crippen LogP) is 6.14. The lowest BCUT2D eigenvalue weighted by atomic mass is 9.89. The Balaban J connectivity index is 1.82. The molecule has 0 bridgehead atoms. The van der Waals surface area contributed by atoms with Gasteiger partial charge in [-0.05, 0) is 63.6 Å². The zero-order valence-corrected chi connectivity index (χ0v) is 21.7. The van der Waals surface area contributed by atoms with Crippen LogP contribution in [0.2, 0.25) is 0 Å². The number of aromatic nitrogens is 2. The van der Waals surface area contributed by atoms with Crippen molar-refractivity contribution in [3.05, 3.63) is 95.0 Å². The standard InChI is InChI=1S/C31H32N4O2/c1-21(2)35(22(3)4)16-17-37-25-12-9-11-23(18-25)29-27(28-14-7-8-15-33-28)20-34-31(36)30(29)26-13-6-5-10-24(26)19-32/h5-15,18,20-22H,16-17H2,1-4H3,(H,34,36). The first-order valence-electron chi connectivity index (χ1n) is 12.6. The van der Waals surface area contributed by atoms with Crippen molar-refractivity contribution < 1.29 is 4.74 Å². The number of hydrogen-bond acceptors (Lipinski definition) is 5. The number of benzene rings is 2. The molecule has 0 spiro atoms. The Morgan fingerprint density at radius 3 is 2.41 bits per heavy atom. The maximum Gasteiger partial charge on any atom is 0.256 e. The van der Waals surface area contributed by atoms with Gasteiger partial charge < -0.3 is 9.72 Å². The van der Waals surface area contributed by atoms with Crippen molar-refractivity contribution in [3.8, 4) is 45.3 Å². The second-order valence-electron chi connectivity index (χ2n) is 9.46. The van der Waals surface area contributed by atoms with Crippen LogP contribution in [-0.2, 0) is 0 Å². The summed E-state index contributed by atoms with van der Waals surface area (Å²) in [6.45, 7) is 10.1. The molecule has 2 heterocycles. The first-order chi connectivity index (χ1) is 17.9. The number of H-pyrrole nitrogens is 1. The summed E-state index contributed by atoms with van der Waals surface area (Å²) < 4.78 is 6.17. The molecular weight excluding hydrogens is 460 g/mol. The molecule has 0 saturated heterocycles. The van der Waals surface area contributed by atoms with Crippen LogP contribution in [0.1, 0.15) is 33.3 Å². The maximum atomic E-state index is 13.3. The van der Waals surface area contributed by atoms with Crippen LogP contribution < -0.4 is 10.3 Å². The van der Waals surface area contributed by atoms with E-state index in [4.69, 9.17) is 4.74 Å². The van der Waals surface area contributed by atoms with Gasteiger partial charge in [-0.1, -0.05) is 36.4 Å². The van der Waals surface area contributed by atoms with Crippen LogP contribution >= 0.6 is 0 Å². The lowest BCUT2D eigenvalue weighted by molar-refractivity contribution is 0.142. The number of hydrogen-bond donors (Lipinski definition) is 1. The summed E-state index contributed by atoms with van der Waals surface area (Å²) in [6, 6.07) is 23.7. The normalized spacial score (nSPS) is 11.2. The number of pyridine rings is 2. The first-order valence-corrected chi connectivity index (χ1v) is 12.6. The van der Waals surface area contributed by atoms with Gasteiger partial charge in [0.15, 0.2) is 0 Å². The molecule has 0 fully saturated rings. The fraction of sp³-hybridized carbons (Fsp3) is 0.258. The Bertz CT molecular complexity index is 1440. The van der Waals surface area contributed by atoms with Gasteiger partial charge in [-0.15, -0.1) is 0 Å². The minimum Gasteiger partial charge on any atom is -0.492 e. The molecule has 0 atom stereocenters. The van der Waals surface area contributed by atoms with E-state index in [1.165, 1.54) is 0 Å². The highest BCUT2D eigenvalue weighted by Gasteiger charge is 2.21. The molecule has 37 heavy (non-hydrogen) atoms. The molecule has 4 rings (SSSR count). The molecule has 188 valence electrons. The van der Waals surface area contributed by atoms with Crippen molar-refractivity contribution in [1.29, 1.82) is 5.26 Å². The summed E-state index contributed by atoms with van der Waals surface area (Å²) in [5.41, 5.74) is 4.19. The zero-order valence-electron chi connectivity index (χ0n) is 21.7. The van der Waals surface area contributed by atoms with Gasteiger partial charge in [0.25, 0.3) is 5.56 Å². The Labute approximate surface area is 218 Å². The van der Waals surface area contributed by atoms with E-state index in [1.807, 2.05) is 54.6 Å². The van der Waals surface area contributed by atoms with Crippen LogP contribution in [0.15, 0.2) is 83.9 Å². The highest BCUT2D eigenvalue weighted by atomic mass is 16.5. The third kappa shape index (κ3) is 5.79. The van der Waals surface area contributed by atoms with Gasteiger partial charge in [-0.2, -0.15) is 5.26 Å². The van der Waals surface area contributed by atoms with Crippen molar-refractivity contribution >= 4 is 0 Å². The van der Waals surface area contributed by atoms with Gasteiger partial charge in [-0.25, -0.2) is 0 Å². The van der Waals surface area contributed by atoms with Gasteiger partial charge in [0.1, 0.15) is 12.4 Å². The molecular formula is C31H32N4O2. The largest absolute Gasteiger partial charge is 0.492 e. The van der Waals surface area contributed by atoms with Crippen molar-refractivity contribution in [3.63, 3.8) is 0 Å². The predicted molar refractivity (Wildman–Crippen MR) is 148 cm³/mol. The minimum atomic E-state index is -0.270. The molecule has 0 unspecified atom stereocenters. The molecule has 2 aromatic heterocycles. The number of ether oxygens (including phenoxy) is 1. The van der Waals surface area contributed by atoms with Crippen LogP contribution in [0.5, 0.6) is 5.75 Å². The quantitative estimate of drug-likeness (QED) is 0.303. The second kappa shape index (κ2) is 11.7. The average molecular weight is 493 g/mol. The molecule has 2 aromatic carbocycles. The molecule has 0 saturated carbocycles. The van der Waals surface area contributed by atoms with Crippen molar-refractivity contribution in [1.82, 2.24) is 14.9 Å². The second-order valence-corrected chi connectivity index (χ2v) is 9.46. The maximum absolute atomic E-state index is 13.3. The summed E-state index contributed by atoms with van der Waals surface area (Å²) in [7, 11) is 0. The molecule has 0 aliphatic rings. The average Bonchev–Trinajstić information content (AvgIpc) is 2.91. The number of aromatic amines is 1. The van der Waals surface area contributed by atoms with Gasteiger partial charge in [0.2, 0.25) is 0 Å². The molecule has 0 aliphatic carbocycles. The van der Waals surface area contributed by atoms with Gasteiger partial charge in [0, 0.05) is 47.7 Å². The van der Waals surface area contributed by atoms with Crippen molar-refractivity contribution in [2.24, 2.45) is 0 Å². The number of nitriles is 1. The lowest BCUT2D eigenvalue weighted by Crippen LogP contribution is -2.39. The summed E-state index contributed by atoms with van der Waals surface area (Å²) in [5.74, 6) is 0.719. The summed E-state index contributed by atoms with van der Waals surface area (Å²) >= 11 is 0. The smallest absolute Gasteiger partial charge is 0.256 e. The fourth-order valence-electron chi connectivity index (χ4n) is 4.73. The van der Waals surface area contributed by atoms with E-state index in [2.05, 4.69) is 48.6 Å². The van der Waals surface area contributed by atoms with Crippen molar-refractivity contribution in [2.75, 3.05) is 13.2 Å². The third-order valence-corrected chi connectivity index (χ3v) is 6.42. The Hall–Kier alpha value is -4.21. The number of rotatable bonds is 9. The van der Waals surface area contributed by atoms with Crippen LogP contribution in [0.25, 0.3) is 33.5 Å². The molecule has 4 aromatic rings. The van der Waals surface area contributed by atoms with Gasteiger partial charge in [0.05, 0.1) is 22.9 Å². The third-order valence-electron chi connectivity index (χ3n) is 6.42. The Morgan fingerprint density at radius 1 is 0.946 bits per heavy atom. The lowest BCUT2D eigenvalue weighted by Gasteiger charge is -2.30. The molecule has 0 aliphatic heterocycles.